The van der Waals surface area contributed by atoms with E-state index in [0.717, 1.165) is 28.8 Å². The number of aromatic nitrogens is 4. The second-order valence-electron chi connectivity index (χ2n) is 10.2. The summed E-state index contributed by atoms with van der Waals surface area (Å²) in [5.74, 6) is 0.576. The number of halogens is 3. The first-order chi connectivity index (χ1) is 21.7. The lowest BCUT2D eigenvalue weighted by Crippen LogP contribution is -2.21. The summed E-state index contributed by atoms with van der Waals surface area (Å²) >= 11 is 0. The van der Waals surface area contributed by atoms with E-state index in [2.05, 4.69) is 25.9 Å². The van der Waals surface area contributed by atoms with Crippen molar-refractivity contribution in [3.05, 3.63) is 127 Å². The Morgan fingerprint density at radius 3 is 2.18 bits per heavy atom. The second kappa shape index (κ2) is 12.0. The molecule has 45 heavy (non-hydrogen) atoms. The highest BCUT2D eigenvalue weighted by Gasteiger charge is 2.31. The number of aryl methyl sites for hydroxylation is 1. The van der Waals surface area contributed by atoms with Gasteiger partial charge in [-0.2, -0.15) is 18.3 Å². The van der Waals surface area contributed by atoms with Gasteiger partial charge in [-0.15, -0.1) is 10.2 Å². The van der Waals surface area contributed by atoms with E-state index in [0.29, 0.717) is 39.7 Å². The molecular weight excluding hydrogens is 577 g/mol. The Kier molecular flexibility index (Phi) is 7.74. The molecule has 0 amide bonds. The third-order valence-corrected chi connectivity index (χ3v) is 7.17. The van der Waals surface area contributed by atoms with Crippen molar-refractivity contribution in [1.82, 2.24) is 20.0 Å². The summed E-state index contributed by atoms with van der Waals surface area (Å²) in [6, 6.07) is 33.1. The van der Waals surface area contributed by atoms with Gasteiger partial charge in [-0.05, 0) is 48.9 Å². The summed E-state index contributed by atoms with van der Waals surface area (Å²) in [5.41, 5.74) is 11.4. The first-order valence-electron chi connectivity index (χ1n) is 13.9. The number of anilines is 3. The molecule has 0 spiro atoms. The Balaban J connectivity index is 1.29. The van der Waals surface area contributed by atoms with Gasteiger partial charge in [0.25, 0.3) is 0 Å². The number of hydrogen-bond acceptors (Lipinski definition) is 5. The number of nitrogens with one attached hydrogen (secondary N) is 3. The van der Waals surface area contributed by atoms with Crippen LogP contribution < -0.4 is 16.4 Å². The number of rotatable bonds is 6. The molecule has 2 aromatic heterocycles. The van der Waals surface area contributed by atoms with Gasteiger partial charge >= 0.3 is 6.18 Å². The molecule has 0 atom stereocenters. The zero-order valence-corrected chi connectivity index (χ0v) is 24.0. The quantitative estimate of drug-likeness (QED) is 0.113. The van der Waals surface area contributed by atoms with E-state index in [4.69, 9.17) is 11.1 Å². The average molecular weight is 605 g/mol. The lowest BCUT2D eigenvalue weighted by atomic mass is 10.0. The second-order valence-corrected chi connectivity index (χ2v) is 10.2. The molecule has 0 aliphatic carbocycles. The monoisotopic (exact) mass is 604 g/mol. The maximum atomic E-state index is 13.4. The molecule has 4 aromatic carbocycles. The minimum absolute atomic E-state index is 0.0250. The molecule has 0 bridgehead atoms. The molecule has 0 saturated heterocycles. The Morgan fingerprint density at radius 2 is 1.44 bits per heavy atom. The molecule has 6 rings (SSSR count). The summed E-state index contributed by atoms with van der Waals surface area (Å²) in [5, 5.41) is 27.7. The Labute approximate surface area is 256 Å². The molecule has 0 radical (unpaired) electrons. The smallest absolute Gasteiger partial charge is 0.383 e. The van der Waals surface area contributed by atoms with Crippen LogP contribution in [0.3, 0.4) is 0 Å². The predicted molar refractivity (Wildman–Crippen MR) is 171 cm³/mol. The minimum atomic E-state index is -4.49. The molecule has 0 saturated carbocycles. The molecule has 2 heterocycles. The summed E-state index contributed by atoms with van der Waals surface area (Å²) in [7, 11) is 0. The van der Waals surface area contributed by atoms with Crippen LogP contribution in [-0.2, 0) is 6.18 Å². The van der Waals surface area contributed by atoms with Crippen molar-refractivity contribution >= 4 is 23.3 Å². The number of guanidine groups is 1. The first-order valence-corrected chi connectivity index (χ1v) is 13.9. The maximum absolute atomic E-state index is 13.4. The molecule has 224 valence electrons. The van der Waals surface area contributed by atoms with E-state index < -0.39 is 11.7 Å². The number of benzene rings is 4. The van der Waals surface area contributed by atoms with Gasteiger partial charge in [-0.1, -0.05) is 78.9 Å². The van der Waals surface area contributed by atoms with Gasteiger partial charge in [0.2, 0.25) is 0 Å². The van der Waals surface area contributed by atoms with E-state index in [9.17, 15) is 13.2 Å². The van der Waals surface area contributed by atoms with E-state index >= 15 is 0 Å². The average Bonchev–Trinajstić information content (AvgIpc) is 3.34. The van der Waals surface area contributed by atoms with Gasteiger partial charge in [-0.3, -0.25) is 5.41 Å². The zero-order chi connectivity index (χ0) is 31.6. The van der Waals surface area contributed by atoms with Crippen molar-refractivity contribution in [2.75, 3.05) is 16.4 Å². The summed E-state index contributed by atoms with van der Waals surface area (Å²) < 4.78 is 41.9. The van der Waals surface area contributed by atoms with Crippen LogP contribution in [0.25, 0.3) is 39.2 Å². The Hall–Kier alpha value is -5.97. The van der Waals surface area contributed by atoms with Crippen molar-refractivity contribution in [2.45, 2.75) is 13.1 Å². The van der Waals surface area contributed by atoms with Crippen LogP contribution in [0.1, 0.15) is 11.3 Å². The minimum Gasteiger partial charge on any atom is -0.383 e. The highest BCUT2D eigenvalue weighted by atomic mass is 19.4. The Morgan fingerprint density at radius 1 is 0.756 bits per heavy atom. The third kappa shape index (κ3) is 6.09. The highest BCUT2D eigenvalue weighted by molar-refractivity contribution is 6.03. The van der Waals surface area contributed by atoms with Gasteiger partial charge in [0.15, 0.2) is 11.8 Å². The van der Waals surface area contributed by atoms with Crippen LogP contribution in [-0.4, -0.2) is 25.9 Å². The van der Waals surface area contributed by atoms with E-state index in [1.165, 1.54) is 10.7 Å². The fourth-order valence-corrected chi connectivity index (χ4v) is 5.11. The lowest BCUT2D eigenvalue weighted by Gasteiger charge is -2.17. The fourth-order valence-electron chi connectivity index (χ4n) is 5.11. The summed E-state index contributed by atoms with van der Waals surface area (Å²) in [4.78, 5) is 0. The number of nitrogen functional groups attached to an aromatic ring is 1. The molecule has 0 aliphatic heterocycles. The lowest BCUT2D eigenvalue weighted by molar-refractivity contribution is -0.137. The molecule has 8 nitrogen and oxygen atoms in total. The summed E-state index contributed by atoms with van der Waals surface area (Å²) in [6.45, 7) is 1.71. The fraction of sp³-hybridized carbons (Fsp3) is 0.0588. The van der Waals surface area contributed by atoms with Crippen molar-refractivity contribution in [3.63, 3.8) is 0 Å². The van der Waals surface area contributed by atoms with Gasteiger partial charge in [0.05, 0.1) is 22.6 Å². The molecule has 0 unspecified atom stereocenters. The normalized spacial score (nSPS) is 11.3. The number of para-hydroxylation sites is 2. The molecule has 6 aromatic rings. The largest absolute Gasteiger partial charge is 0.416 e. The predicted octanol–water partition coefficient (Wildman–Crippen LogP) is 8.03. The van der Waals surface area contributed by atoms with Crippen molar-refractivity contribution in [3.8, 4) is 39.2 Å². The van der Waals surface area contributed by atoms with Gasteiger partial charge in [0.1, 0.15) is 5.82 Å². The van der Waals surface area contributed by atoms with Gasteiger partial charge < -0.3 is 16.4 Å². The topological polar surface area (TPSA) is 118 Å². The van der Waals surface area contributed by atoms with Crippen molar-refractivity contribution < 1.29 is 13.2 Å². The molecule has 11 heteroatoms. The maximum Gasteiger partial charge on any atom is 0.416 e. The number of nitrogens with two attached hydrogens (primary N) is 1. The molecule has 0 fully saturated rings. The van der Waals surface area contributed by atoms with Crippen LogP contribution in [0.4, 0.5) is 30.5 Å². The third-order valence-electron chi connectivity index (χ3n) is 7.17. The number of alkyl halides is 3. The standard InChI is InChI=1S/C34H27F3N8/c1-21-31(23-12-9-13-24(20-23)34(35,36)37)32(38)45(44-21)29-17-8-6-15-26(29)25-14-5-7-16-28(25)40-33(39)41-30-19-18-27(42-43-30)22-10-3-2-4-11-22/h2-20H,38H2,1H3,(H3,39,40,41,43). The van der Waals surface area contributed by atoms with Gasteiger partial charge in [0, 0.05) is 27.9 Å². The first kappa shape index (κ1) is 29.1. The molecule has 5 N–H and O–H groups in total. The van der Waals surface area contributed by atoms with Crippen LogP contribution in [0.15, 0.2) is 115 Å². The van der Waals surface area contributed by atoms with Crippen LogP contribution >= 0.6 is 0 Å². The van der Waals surface area contributed by atoms with Crippen molar-refractivity contribution in [2.24, 2.45) is 0 Å². The highest BCUT2D eigenvalue weighted by Crippen LogP contribution is 2.38. The zero-order valence-electron chi connectivity index (χ0n) is 24.0. The van der Waals surface area contributed by atoms with Crippen LogP contribution in [0.2, 0.25) is 0 Å². The van der Waals surface area contributed by atoms with E-state index in [1.54, 1.807) is 19.1 Å². The van der Waals surface area contributed by atoms with Crippen molar-refractivity contribution in [1.29, 1.82) is 5.41 Å². The molecule has 0 aliphatic rings. The van der Waals surface area contributed by atoms with Gasteiger partial charge in [-0.25, -0.2) is 4.68 Å². The van der Waals surface area contributed by atoms with Crippen LogP contribution in [0, 0.1) is 12.3 Å². The summed E-state index contributed by atoms with van der Waals surface area (Å²) in [6.07, 6.45) is -4.49. The number of hydrogen-bond donors (Lipinski definition) is 4. The SMILES string of the molecule is Cc1nn(-c2ccccc2-c2ccccc2NC(=N)Nc2ccc(-c3ccccc3)nn2)c(N)c1-c1cccc(C(F)(F)F)c1. The van der Waals surface area contributed by atoms with E-state index in [1.807, 2.05) is 84.9 Å². The van der Waals surface area contributed by atoms with Crippen LogP contribution in [0.5, 0.6) is 0 Å². The Bertz CT molecular complexity index is 1980. The van der Waals surface area contributed by atoms with E-state index in [-0.39, 0.29) is 11.8 Å². The molecular formula is C34H27F3N8. The number of nitrogens with zero attached hydrogens (tertiary/aromatic N) is 4.